The second kappa shape index (κ2) is 8.18. The SMILES string of the molecule is CC(C)Oc1ccccc1CC(=O)NC1CCC(CO)CC1. The third kappa shape index (κ3) is 5.02. The molecule has 1 amide bonds. The minimum atomic E-state index is 0.0484. The van der Waals surface area contributed by atoms with Crippen LogP contribution in [0.15, 0.2) is 24.3 Å². The molecule has 0 saturated heterocycles. The lowest BCUT2D eigenvalue weighted by Crippen LogP contribution is -2.38. The Hall–Kier alpha value is -1.55. The van der Waals surface area contributed by atoms with Crippen molar-refractivity contribution >= 4 is 5.91 Å². The summed E-state index contributed by atoms with van der Waals surface area (Å²) in [5.41, 5.74) is 0.928. The molecule has 4 heteroatoms. The molecule has 0 aromatic heterocycles. The first kappa shape index (κ1) is 16.8. The van der Waals surface area contributed by atoms with E-state index in [0.29, 0.717) is 12.3 Å². The normalized spacial score (nSPS) is 21.6. The zero-order valence-corrected chi connectivity index (χ0v) is 13.5. The van der Waals surface area contributed by atoms with Gasteiger partial charge in [0.05, 0.1) is 12.5 Å². The number of rotatable bonds is 6. The van der Waals surface area contributed by atoms with E-state index in [1.807, 2.05) is 38.1 Å². The topological polar surface area (TPSA) is 58.6 Å². The van der Waals surface area contributed by atoms with Gasteiger partial charge >= 0.3 is 0 Å². The molecular formula is C18H27NO3. The third-order valence-electron chi connectivity index (χ3n) is 4.16. The molecule has 1 fully saturated rings. The standard InChI is InChI=1S/C18H27NO3/c1-13(2)22-17-6-4-3-5-15(17)11-18(21)19-16-9-7-14(12-20)8-10-16/h3-6,13-14,16,20H,7-12H2,1-2H3,(H,19,21). The van der Waals surface area contributed by atoms with Gasteiger partial charge in [-0.1, -0.05) is 18.2 Å². The summed E-state index contributed by atoms with van der Waals surface area (Å²) >= 11 is 0. The molecule has 0 unspecified atom stereocenters. The van der Waals surface area contributed by atoms with Crippen LogP contribution >= 0.6 is 0 Å². The monoisotopic (exact) mass is 305 g/mol. The van der Waals surface area contributed by atoms with Crippen molar-refractivity contribution in [2.24, 2.45) is 5.92 Å². The Morgan fingerprint density at radius 1 is 1.27 bits per heavy atom. The summed E-state index contributed by atoms with van der Waals surface area (Å²) in [7, 11) is 0. The van der Waals surface area contributed by atoms with Crippen molar-refractivity contribution in [3.8, 4) is 5.75 Å². The highest BCUT2D eigenvalue weighted by Gasteiger charge is 2.22. The number of hydrogen-bond donors (Lipinski definition) is 2. The number of carbonyl (C=O) groups is 1. The van der Waals surface area contributed by atoms with E-state index in [1.54, 1.807) is 0 Å². The van der Waals surface area contributed by atoms with Gasteiger partial charge in [0.15, 0.2) is 0 Å². The van der Waals surface area contributed by atoms with E-state index in [4.69, 9.17) is 9.84 Å². The molecule has 0 atom stereocenters. The van der Waals surface area contributed by atoms with E-state index in [0.717, 1.165) is 37.0 Å². The molecule has 122 valence electrons. The second-order valence-electron chi connectivity index (χ2n) is 6.42. The molecule has 4 nitrogen and oxygen atoms in total. The van der Waals surface area contributed by atoms with Gasteiger partial charge in [0, 0.05) is 18.2 Å². The predicted molar refractivity (Wildman–Crippen MR) is 86.9 cm³/mol. The van der Waals surface area contributed by atoms with Crippen LogP contribution in [0.25, 0.3) is 0 Å². The van der Waals surface area contributed by atoms with Gasteiger partial charge in [-0.15, -0.1) is 0 Å². The van der Waals surface area contributed by atoms with Crippen LogP contribution in [0, 0.1) is 5.92 Å². The molecule has 1 aromatic carbocycles. The Balaban J connectivity index is 1.87. The fraction of sp³-hybridized carbons (Fsp3) is 0.611. The molecule has 1 saturated carbocycles. The maximum absolute atomic E-state index is 12.3. The lowest BCUT2D eigenvalue weighted by molar-refractivity contribution is -0.121. The molecule has 0 heterocycles. The Labute approximate surface area is 132 Å². The van der Waals surface area contributed by atoms with Crippen molar-refractivity contribution in [3.05, 3.63) is 29.8 Å². The molecular weight excluding hydrogens is 278 g/mol. The molecule has 1 aromatic rings. The zero-order chi connectivity index (χ0) is 15.9. The minimum Gasteiger partial charge on any atom is -0.491 e. The van der Waals surface area contributed by atoms with Crippen LogP contribution in [0.4, 0.5) is 0 Å². The number of nitrogens with one attached hydrogen (secondary N) is 1. The Morgan fingerprint density at radius 2 is 1.95 bits per heavy atom. The van der Waals surface area contributed by atoms with Crippen molar-refractivity contribution in [3.63, 3.8) is 0 Å². The molecule has 1 aliphatic rings. The average molecular weight is 305 g/mol. The number of aliphatic hydroxyl groups is 1. The Bertz CT molecular complexity index is 479. The molecule has 0 spiro atoms. The zero-order valence-electron chi connectivity index (χ0n) is 13.5. The number of hydrogen-bond acceptors (Lipinski definition) is 3. The van der Waals surface area contributed by atoms with E-state index in [9.17, 15) is 4.79 Å². The van der Waals surface area contributed by atoms with Gasteiger partial charge in [0.2, 0.25) is 5.91 Å². The van der Waals surface area contributed by atoms with E-state index in [1.165, 1.54) is 0 Å². The highest BCUT2D eigenvalue weighted by Crippen LogP contribution is 2.24. The van der Waals surface area contributed by atoms with Crippen LogP contribution in [0.5, 0.6) is 5.75 Å². The molecule has 2 rings (SSSR count). The second-order valence-corrected chi connectivity index (χ2v) is 6.42. The first-order valence-corrected chi connectivity index (χ1v) is 8.23. The fourth-order valence-corrected chi connectivity index (χ4v) is 2.96. The van der Waals surface area contributed by atoms with Gasteiger partial charge < -0.3 is 15.2 Å². The predicted octanol–water partition coefficient (Wildman–Crippen LogP) is 2.68. The van der Waals surface area contributed by atoms with E-state index in [-0.39, 0.29) is 24.7 Å². The quantitative estimate of drug-likeness (QED) is 0.849. The number of para-hydroxylation sites is 1. The van der Waals surface area contributed by atoms with Crippen molar-refractivity contribution in [2.75, 3.05) is 6.61 Å². The van der Waals surface area contributed by atoms with Gasteiger partial charge in [0.25, 0.3) is 0 Å². The minimum absolute atomic E-state index is 0.0484. The molecule has 0 radical (unpaired) electrons. The van der Waals surface area contributed by atoms with Crippen molar-refractivity contribution in [1.29, 1.82) is 0 Å². The highest BCUT2D eigenvalue weighted by atomic mass is 16.5. The van der Waals surface area contributed by atoms with Crippen molar-refractivity contribution < 1.29 is 14.6 Å². The third-order valence-corrected chi connectivity index (χ3v) is 4.16. The van der Waals surface area contributed by atoms with Gasteiger partial charge in [-0.05, 0) is 51.5 Å². The van der Waals surface area contributed by atoms with Crippen LogP contribution in [0.2, 0.25) is 0 Å². The maximum atomic E-state index is 12.3. The van der Waals surface area contributed by atoms with Gasteiger partial charge in [0.1, 0.15) is 5.75 Å². The van der Waals surface area contributed by atoms with Crippen LogP contribution in [0.1, 0.15) is 45.1 Å². The summed E-state index contributed by atoms with van der Waals surface area (Å²) in [6.45, 7) is 4.23. The smallest absolute Gasteiger partial charge is 0.224 e. The van der Waals surface area contributed by atoms with Crippen LogP contribution in [-0.4, -0.2) is 29.8 Å². The van der Waals surface area contributed by atoms with Crippen LogP contribution < -0.4 is 10.1 Å². The highest BCUT2D eigenvalue weighted by molar-refractivity contribution is 5.79. The number of benzene rings is 1. The summed E-state index contributed by atoms with van der Waals surface area (Å²) in [5, 5.41) is 12.3. The lowest BCUT2D eigenvalue weighted by Gasteiger charge is -2.28. The number of amides is 1. The summed E-state index contributed by atoms with van der Waals surface area (Å²) in [4.78, 5) is 12.3. The molecule has 0 bridgehead atoms. The first-order valence-electron chi connectivity index (χ1n) is 8.23. The van der Waals surface area contributed by atoms with Gasteiger partial charge in [-0.2, -0.15) is 0 Å². The molecule has 0 aliphatic heterocycles. The first-order chi connectivity index (χ1) is 10.6. The average Bonchev–Trinajstić information content (AvgIpc) is 2.49. The number of carbonyl (C=O) groups excluding carboxylic acids is 1. The largest absolute Gasteiger partial charge is 0.491 e. The Kier molecular flexibility index (Phi) is 6.25. The summed E-state index contributed by atoms with van der Waals surface area (Å²) in [5.74, 6) is 1.25. The van der Waals surface area contributed by atoms with E-state index in [2.05, 4.69) is 5.32 Å². The summed E-state index contributed by atoms with van der Waals surface area (Å²) in [6, 6.07) is 7.96. The molecule has 1 aliphatic carbocycles. The van der Waals surface area contributed by atoms with E-state index >= 15 is 0 Å². The van der Waals surface area contributed by atoms with Crippen molar-refractivity contribution in [1.82, 2.24) is 5.32 Å². The summed E-state index contributed by atoms with van der Waals surface area (Å²) in [6.07, 6.45) is 4.35. The Morgan fingerprint density at radius 3 is 2.59 bits per heavy atom. The van der Waals surface area contributed by atoms with Crippen molar-refractivity contribution in [2.45, 2.75) is 58.1 Å². The van der Waals surface area contributed by atoms with Gasteiger partial charge in [-0.25, -0.2) is 0 Å². The summed E-state index contributed by atoms with van der Waals surface area (Å²) < 4.78 is 5.76. The van der Waals surface area contributed by atoms with Gasteiger partial charge in [-0.3, -0.25) is 4.79 Å². The number of ether oxygens (including phenoxy) is 1. The molecule has 2 N–H and O–H groups in total. The number of aliphatic hydroxyl groups excluding tert-OH is 1. The van der Waals surface area contributed by atoms with Crippen LogP contribution in [-0.2, 0) is 11.2 Å². The van der Waals surface area contributed by atoms with E-state index < -0.39 is 0 Å². The maximum Gasteiger partial charge on any atom is 0.224 e. The lowest BCUT2D eigenvalue weighted by atomic mass is 9.86. The van der Waals surface area contributed by atoms with Crippen LogP contribution in [0.3, 0.4) is 0 Å². The fourth-order valence-electron chi connectivity index (χ4n) is 2.96. The molecule has 22 heavy (non-hydrogen) atoms.